The molecule has 2 N–H and O–H groups in total. The molecule has 4 rings (SSSR count). The van der Waals surface area contributed by atoms with Gasteiger partial charge < -0.3 is 15.4 Å². The molecule has 1 aliphatic carbocycles. The molecule has 0 aromatic heterocycles. The van der Waals surface area contributed by atoms with Gasteiger partial charge in [0.1, 0.15) is 5.75 Å². The summed E-state index contributed by atoms with van der Waals surface area (Å²) in [5.74, 6) is 0.754. The minimum atomic E-state index is -0.133. The monoisotopic (exact) mass is 388 g/mol. The maximum absolute atomic E-state index is 13.0. The van der Waals surface area contributed by atoms with Gasteiger partial charge in [-0.2, -0.15) is 0 Å². The van der Waals surface area contributed by atoms with E-state index in [1.54, 1.807) is 7.11 Å². The summed E-state index contributed by atoms with van der Waals surface area (Å²) in [5.41, 5.74) is 2.31. The lowest BCUT2D eigenvalue weighted by Crippen LogP contribution is -2.37. The molecule has 5 heteroatoms. The maximum Gasteiger partial charge on any atom is 0.315 e. The summed E-state index contributed by atoms with van der Waals surface area (Å²) >= 11 is 0. The fourth-order valence-corrected chi connectivity index (χ4v) is 3.41. The third kappa shape index (κ3) is 4.57. The summed E-state index contributed by atoms with van der Waals surface area (Å²) < 4.78 is 5.37. The normalized spacial score (nSPS) is 13.1. The first-order chi connectivity index (χ1) is 14.1. The predicted molar refractivity (Wildman–Crippen MR) is 114 cm³/mol. The number of amides is 2. The Hall–Kier alpha value is -3.34. The number of hydrogen-bond acceptors (Lipinski definition) is 3. The molecule has 1 fully saturated rings. The Balaban J connectivity index is 1.61. The molecule has 1 aliphatic rings. The highest BCUT2D eigenvalue weighted by molar-refractivity contribution is 6.11. The van der Waals surface area contributed by atoms with Crippen molar-refractivity contribution in [3.8, 4) is 5.75 Å². The van der Waals surface area contributed by atoms with Crippen molar-refractivity contribution in [2.75, 3.05) is 13.7 Å². The lowest BCUT2D eigenvalue weighted by molar-refractivity contribution is 0.103. The number of ketones is 1. The van der Waals surface area contributed by atoms with Crippen molar-refractivity contribution in [1.29, 1.82) is 0 Å². The zero-order valence-corrected chi connectivity index (χ0v) is 16.4. The molecule has 29 heavy (non-hydrogen) atoms. The van der Waals surface area contributed by atoms with Gasteiger partial charge in [0.25, 0.3) is 0 Å². The van der Waals surface area contributed by atoms with Gasteiger partial charge in [-0.3, -0.25) is 4.79 Å². The van der Waals surface area contributed by atoms with Crippen LogP contribution in [0.2, 0.25) is 0 Å². The number of benzene rings is 3. The molecule has 1 saturated carbocycles. The second-order valence-electron chi connectivity index (χ2n) is 7.34. The molecule has 0 heterocycles. The number of hydrogen-bond donors (Lipinski definition) is 2. The zero-order valence-electron chi connectivity index (χ0n) is 16.4. The molecule has 0 bridgehead atoms. The van der Waals surface area contributed by atoms with Crippen molar-refractivity contribution >= 4 is 22.6 Å². The molecule has 5 nitrogen and oxygen atoms in total. The molecule has 0 aliphatic heterocycles. The summed E-state index contributed by atoms with van der Waals surface area (Å²) in [5, 5.41) is 7.84. The molecule has 3 aromatic carbocycles. The quantitative estimate of drug-likeness (QED) is 0.599. The van der Waals surface area contributed by atoms with Crippen LogP contribution in [-0.4, -0.2) is 31.5 Å². The fraction of sp³-hybridized carbons (Fsp3) is 0.250. The third-order valence-corrected chi connectivity index (χ3v) is 5.14. The van der Waals surface area contributed by atoms with E-state index in [2.05, 4.69) is 10.6 Å². The van der Waals surface area contributed by atoms with Crippen LogP contribution in [0.4, 0.5) is 4.79 Å². The van der Waals surface area contributed by atoms with Crippen molar-refractivity contribution in [1.82, 2.24) is 10.6 Å². The van der Waals surface area contributed by atoms with Crippen molar-refractivity contribution in [2.24, 2.45) is 0 Å². The summed E-state index contributed by atoms with van der Waals surface area (Å²) in [6, 6.07) is 19.1. The fourth-order valence-electron chi connectivity index (χ4n) is 3.41. The first-order valence-electron chi connectivity index (χ1n) is 9.89. The van der Waals surface area contributed by atoms with Crippen LogP contribution < -0.4 is 15.4 Å². The van der Waals surface area contributed by atoms with Crippen LogP contribution in [0.1, 0.15) is 34.3 Å². The minimum Gasteiger partial charge on any atom is -0.497 e. The van der Waals surface area contributed by atoms with Crippen molar-refractivity contribution < 1.29 is 14.3 Å². The van der Waals surface area contributed by atoms with Gasteiger partial charge in [-0.25, -0.2) is 4.79 Å². The SMILES string of the molecule is COc1ccc2cc(C(=O)c3ccccc3)cc(CCNC(=O)NC3CC3)c2c1. The van der Waals surface area contributed by atoms with Crippen LogP contribution in [-0.2, 0) is 6.42 Å². The van der Waals surface area contributed by atoms with Gasteiger partial charge in [-0.15, -0.1) is 0 Å². The van der Waals surface area contributed by atoms with E-state index in [1.807, 2.05) is 60.7 Å². The summed E-state index contributed by atoms with van der Waals surface area (Å²) in [7, 11) is 1.64. The largest absolute Gasteiger partial charge is 0.497 e. The van der Waals surface area contributed by atoms with Crippen LogP contribution in [0, 0.1) is 0 Å². The summed E-state index contributed by atoms with van der Waals surface area (Å²) in [6.07, 6.45) is 2.74. The van der Waals surface area contributed by atoms with Crippen LogP contribution in [0.15, 0.2) is 60.7 Å². The number of rotatable bonds is 7. The zero-order chi connectivity index (χ0) is 20.2. The van der Waals surface area contributed by atoms with E-state index in [0.717, 1.165) is 34.9 Å². The number of urea groups is 1. The number of fused-ring (bicyclic) bond motifs is 1. The van der Waals surface area contributed by atoms with Crippen molar-refractivity contribution in [2.45, 2.75) is 25.3 Å². The molecule has 148 valence electrons. The number of nitrogens with one attached hydrogen (secondary N) is 2. The molecule has 3 aromatic rings. The van der Waals surface area contributed by atoms with Crippen molar-refractivity contribution in [3.63, 3.8) is 0 Å². The van der Waals surface area contributed by atoms with Gasteiger partial charge >= 0.3 is 6.03 Å². The van der Waals surface area contributed by atoms with E-state index in [1.165, 1.54) is 0 Å². The van der Waals surface area contributed by atoms with Gasteiger partial charge in [0.05, 0.1) is 7.11 Å². The highest BCUT2D eigenvalue weighted by Gasteiger charge is 2.23. The van der Waals surface area contributed by atoms with E-state index >= 15 is 0 Å². The number of carbonyl (C=O) groups excluding carboxylic acids is 2. The van der Waals surface area contributed by atoms with Crippen LogP contribution in [0.5, 0.6) is 5.75 Å². The number of carbonyl (C=O) groups is 2. The Morgan fingerprint density at radius 3 is 2.52 bits per heavy atom. The van der Waals surface area contributed by atoms with Gasteiger partial charge in [0.2, 0.25) is 0 Å². The van der Waals surface area contributed by atoms with E-state index in [4.69, 9.17) is 4.74 Å². The maximum atomic E-state index is 13.0. The van der Waals surface area contributed by atoms with Gasteiger partial charge in [0, 0.05) is 23.7 Å². The molecular weight excluding hydrogens is 364 g/mol. The van der Waals surface area contributed by atoms with E-state index in [-0.39, 0.29) is 11.8 Å². The summed E-state index contributed by atoms with van der Waals surface area (Å²) in [4.78, 5) is 24.9. The van der Waals surface area contributed by atoms with E-state index < -0.39 is 0 Å². The third-order valence-electron chi connectivity index (χ3n) is 5.14. The van der Waals surface area contributed by atoms with Crippen LogP contribution >= 0.6 is 0 Å². The van der Waals surface area contributed by atoms with Gasteiger partial charge in [-0.05, 0) is 59.9 Å². The van der Waals surface area contributed by atoms with Crippen LogP contribution in [0.3, 0.4) is 0 Å². The number of ether oxygens (including phenoxy) is 1. The second kappa shape index (κ2) is 8.35. The lowest BCUT2D eigenvalue weighted by atomic mass is 9.94. The molecule has 0 saturated heterocycles. The Kier molecular flexibility index (Phi) is 5.47. The Bertz CT molecular complexity index is 1040. The van der Waals surface area contributed by atoms with Gasteiger partial charge in [0.15, 0.2) is 5.78 Å². The van der Waals surface area contributed by atoms with Crippen LogP contribution in [0.25, 0.3) is 10.8 Å². The average Bonchev–Trinajstić information content (AvgIpc) is 3.57. The highest BCUT2D eigenvalue weighted by Crippen LogP contribution is 2.27. The molecule has 0 unspecified atom stereocenters. The molecule has 0 spiro atoms. The molecule has 0 radical (unpaired) electrons. The van der Waals surface area contributed by atoms with Gasteiger partial charge in [-0.1, -0.05) is 36.4 Å². The molecule has 2 amide bonds. The first kappa shape index (κ1) is 19.0. The Labute approximate surface area is 170 Å². The minimum absolute atomic E-state index is 0.0102. The highest BCUT2D eigenvalue weighted by atomic mass is 16.5. The summed E-state index contributed by atoms with van der Waals surface area (Å²) in [6.45, 7) is 0.494. The average molecular weight is 388 g/mol. The lowest BCUT2D eigenvalue weighted by Gasteiger charge is -2.12. The van der Waals surface area contributed by atoms with Crippen molar-refractivity contribution in [3.05, 3.63) is 77.4 Å². The standard InChI is InChI=1S/C24H24N2O3/c1-29-21-10-7-17-13-19(23(27)16-5-3-2-4-6-16)14-18(22(17)15-21)11-12-25-24(28)26-20-8-9-20/h2-7,10,13-15,20H,8-9,11-12H2,1H3,(H2,25,26,28). The predicted octanol–water partition coefficient (Wildman–Crippen LogP) is 4.08. The van der Waals surface area contributed by atoms with E-state index in [9.17, 15) is 9.59 Å². The second-order valence-corrected chi connectivity index (χ2v) is 7.34. The molecule has 0 atom stereocenters. The Morgan fingerprint density at radius 1 is 1.00 bits per heavy atom. The topological polar surface area (TPSA) is 67.4 Å². The molecular formula is C24H24N2O3. The smallest absolute Gasteiger partial charge is 0.315 e. The Morgan fingerprint density at radius 2 is 1.79 bits per heavy atom. The number of methoxy groups -OCH3 is 1. The first-order valence-corrected chi connectivity index (χ1v) is 9.89. The van der Waals surface area contributed by atoms with E-state index in [0.29, 0.717) is 30.1 Å².